The normalized spacial score (nSPS) is 17.5. The average Bonchev–Trinajstić information content (AvgIpc) is 3.03. The third-order valence-corrected chi connectivity index (χ3v) is 3.60. The number of carbonyl (C=O) groups is 3. The fraction of sp³-hybridized carbons (Fsp3) is 0.438. The molecule has 1 aromatic carbocycles. The fourth-order valence-corrected chi connectivity index (χ4v) is 2.30. The number of hydrogen-bond donors (Lipinski definition) is 4. The molecular formula is C16H22N2O6. The summed E-state index contributed by atoms with van der Waals surface area (Å²) in [5.41, 5.74) is 5.27. The number of rotatable bonds is 5. The number of nitrogens with zero attached hydrogens (tertiary/aromatic N) is 1. The number of para-hydroxylation sites is 1. The van der Waals surface area contributed by atoms with Crippen LogP contribution in [-0.2, 0) is 14.4 Å². The number of carboxylic acids is 2. The highest BCUT2D eigenvalue weighted by Crippen LogP contribution is 2.19. The van der Waals surface area contributed by atoms with Crippen molar-refractivity contribution in [1.29, 1.82) is 0 Å². The van der Waals surface area contributed by atoms with Crippen molar-refractivity contribution in [2.24, 2.45) is 5.73 Å². The Morgan fingerprint density at radius 3 is 2.29 bits per heavy atom. The highest BCUT2D eigenvalue weighted by molar-refractivity contribution is 5.84. The van der Waals surface area contributed by atoms with Crippen molar-refractivity contribution in [2.75, 3.05) is 6.54 Å². The van der Waals surface area contributed by atoms with Gasteiger partial charge in [0.15, 0.2) is 0 Å². The number of carboxylic acid groups (broad SMARTS) is 2. The molecular weight excluding hydrogens is 316 g/mol. The summed E-state index contributed by atoms with van der Waals surface area (Å²) in [6.45, 7) is 0.415. The molecule has 1 aliphatic rings. The van der Waals surface area contributed by atoms with Crippen LogP contribution in [0.4, 0.5) is 0 Å². The Hall–Kier alpha value is -2.61. The molecule has 1 amide bonds. The Bertz CT molecular complexity index is 563. The summed E-state index contributed by atoms with van der Waals surface area (Å²) in [4.78, 5) is 34.3. The van der Waals surface area contributed by atoms with Crippen LogP contribution in [0, 0.1) is 0 Å². The van der Waals surface area contributed by atoms with Gasteiger partial charge in [-0.2, -0.15) is 0 Å². The van der Waals surface area contributed by atoms with Gasteiger partial charge in [0, 0.05) is 13.0 Å². The first-order valence-electron chi connectivity index (χ1n) is 7.57. The Morgan fingerprint density at radius 1 is 1.21 bits per heavy atom. The molecule has 1 heterocycles. The number of benzene rings is 1. The number of phenols is 1. The number of amides is 1. The van der Waals surface area contributed by atoms with E-state index in [1.165, 1.54) is 4.90 Å². The van der Waals surface area contributed by atoms with Crippen LogP contribution in [0.1, 0.15) is 25.7 Å². The summed E-state index contributed by atoms with van der Waals surface area (Å²) >= 11 is 0. The predicted octanol–water partition coefficient (Wildman–Crippen LogP) is 0.646. The van der Waals surface area contributed by atoms with Gasteiger partial charge in [-0.25, -0.2) is 4.79 Å². The van der Waals surface area contributed by atoms with E-state index >= 15 is 0 Å². The largest absolute Gasteiger partial charge is 0.508 e. The van der Waals surface area contributed by atoms with Crippen molar-refractivity contribution in [2.45, 2.75) is 37.8 Å². The Kier molecular flexibility index (Phi) is 7.70. The van der Waals surface area contributed by atoms with E-state index in [1.54, 1.807) is 24.3 Å². The molecule has 132 valence electrons. The van der Waals surface area contributed by atoms with Gasteiger partial charge in [-0.15, -0.1) is 0 Å². The second-order valence-electron chi connectivity index (χ2n) is 5.40. The number of phenolic OH excluding ortho intramolecular Hbond substituents is 1. The van der Waals surface area contributed by atoms with E-state index in [9.17, 15) is 14.4 Å². The molecule has 1 fully saturated rings. The van der Waals surface area contributed by atoms with Crippen molar-refractivity contribution in [3.8, 4) is 5.75 Å². The van der Waals surface area contributed by atoms with Gasteiger partial charge in [0.05, 0.1) is 0 Å². The number of aromatic hydroxyl groups is 1. The van der Waals surface area contributed by atoms with Crippen LogP contribution in [0.25, 0.3) is 0 Å². The first kappa shape index (κ1) is 19.4. The quantitative estimate of drug-likeness (QED) is 0.617. The minimum absolute atomic E-state index is 0.0248. The van der Waals surface area contributed by atoms with Gasteiger partial charge in [0.1, 0.15) is 17.8 Å². The van der Waals surface area contributed by atoms with E-state index < -0.39 is 24.0 Å². The molecule has 0 spiro atoms. The minimum atomic E-state index is -1.16. The SMILES string of the molecule is NC(CCC(=O)N1CCCC1C(=O)O)C(=O)O.Oc1ccccc1. The highest BCUT2D eigenvalue weighted by Gasteiger charge is 2.33. The Morgan fingerprint density at radius 2 is 1.83 bits per heavy atom. The van der Waals surface area contributed by atoms with E-state index in [-0.39, 0.29) is 18.7 Å². The standard InChI is InChI=1S/C10H16N2O5.C6H6O/c11-6(9(14)15)3-4-8(13)12-5-1-2-7(12)10(16)17;7-6-4-2-1-3-5-6/h6-7H,1-5,11H2,(H,14,15)(H,16,17);1-5,7H. The summed E-state index contributed by atoms with van der Waals surface area (Å²) < 4.78 is 0. The monoisotopic (exact) mass is 338 g/mol. The van der Waals surface area contributed by atoms with Gasteiger partial charge < -0.3 is 26.0 Å². The van der Waals surface area contributed by atoms with Gasteiger partial charge in [0.25, 0.3) is 0 Å². The lowest BCUT2D eigenvalue weighted by Crippen LogP contribution is -2.41. The van der Waals surface area contributed by atoms with Crippen LogP contribution < -0.4 is 5.73 Å². The van der Waals surface area contributed by atoms with Crippen LogP contribution in [0.3, 0.4) is 0 Å². The van der Waals surface area contributed by atoms with Crippen molar-refractivity contribution in [1.82, 2.24) is 4.90 Å². The number of likely N-dealkylation sites (tertiary alicyclic amines) is 1. The Balaban J connectivity index is 0.000000341. The molecule has 2 unspecified atom stereocenters. The molecule has 8 nitrogen and oxygen atoms in total. The molecule has 8 heteroatoms. The van der Waals surface area contributed by atoms with Crippen LogP contribution in [0.15, 0.2) is 30.3 Å². The smallest absolute Gasteiger partial charge is 0.326 e. The van der Waals surface area contributed by atoms with Gasteiger partial charge in [-0.3, -0.25) is 9.59 Å². The summed E-state index contributed by atoms with van der Waals surface area (Å²) in [6.07, 6.45) is 1.11. The lowest BCUT2D eigenvalue weighted by molar-refractivity contribution is -0.148. The zero-order valence-corrected chi connectivity index (χ0v) is 13.2. The highest BCUT2D eigenvalue weighted by atomic mass is 16.4. The van der Waals surface area contributed by atoms with E-state index in [0.29, 0.717) is 25.1 Å². The maximum atomic E-state index is 11.7. The predicted molar refractivity (Wildman–Crippen MR) is 85.3 cm³/mol. The molecule has 2 atom stereocenters. The molecule has 0 saturated carbocycles. The zero-order valence-electron chi connectivity index (χ0n) is 13.2. The molecule has 2 rings (SSSR count). The molecule has 24 heavy (non-hydrogen) atoms. The molecule has 0 bridgehead atoms. The minimum Gasteiger partial charge on any atom is -0.508 e. The zero-order chi connectivity index (χ0) is 18.1. The van der Waals surface area contributed by atoms with Gasteiger partial charge in [-0.1, -0.05) is 18.2 Å². The Labute approximate surface area is 139 Å². The summed E-state index contributed by atoms with van der Waals surface area (Å²) in [5.74, 6) is -2.19. The third-order valence-electron chi connectivity index (χ3n) is 3.60. The van der Waals surface area contributed by atoms with Crippen LogP contribution in [-0.4, -0.2) is 56.7 Å². The third kappa shape index (κ3) is 6.25. The maximum Gasteiger partial charge on any atom is 0.326 e. The van der Waals surface area contributed by atoms with Crippen LogP contribution in [0.2, 0.25) is 0 Å². The van der Waals surface area contributed by atoms with Gasteiger partial charge >= 0.3 is 11.9 Å². The fourth-order valence-electron chi connectivity index (χ4n) is 2.30. The van der Waals surface area contributed by atoms with Gasteiger partial charge in [0.2, 0.25) is 5.91 Å². The second-order valence-corrected chi connectivity index (χ2v) is 5.40. The molecule has 1 aromatic rings. The van der Waals surface area contributed by atoms with Gasteiger partial charge in [-0.05, 0) is 31.4 Å². The first-order valence-corrected chi connectivity index (χ1v) is 7.57. The number of nitrogens with two attached hydrogens (primary N) is 1. The number of aliphatic carboxylic acids is 2. The average molecular weight is 338 g/mol. The van der Waals surface area contributed by atoms with E-state index in [4.69, 9.17) is 21.1 Å². The van der Waals surface area contributed by atoms with Crippen molar-refractivity contribution >= 4 is 17.8 Å². The maximum absolute atomic E-state index is 11.7. The van der Waals surface area contributed by atoms with E-state index in [0.717, 1.165) is 0 Å². The summed E-state index contributed by atoms with van der Waals surface area (Å²) in [5, 5.41) is 26.1. The topological polar surface area (TPSA) is 141 Å². The molecule has 0 aliphatic carbocycles. The van der Waals surface area contributed by atoms with Crippen molar-refractivity contribution in [3.05, 3.63) is 30.3 Å². The molecule has 0 aromatic heterocycles. The second kappa shape index (κ2) is 9.51. The lowest BCUT2D eigenvalue weighted by atomic mass is 10.1. The van der Waals surface area contributed by atoms with Crippen LogP contribution >= 0.6 is 0 Å². The van der Waals surface area contributed by atoms with E-state index in [2.05, 4.69) is 0 Å². The molecule has 0 radical (unpaired) electrons. The van der Waals surface area contributed by atoms with Crippen molar-refractivity contribution in [3.63, 3.8) is 0 Å². The first-order chi connectivity index (χ1) is 11.3. The number of hydrogen-bond acceptors (Lipinski definition) is 5. The molecule has 1 saturated heterocycles. The summed E-state index contributed by atoms with van der Waals surface area (Å²) in [7, 11) is 0. The molecule has 5 N–H and O–H groups in total. The number of carbonyl (C=O) groups excluding carboxylic acids is 1. The van der Waals surface area contributed by atoms with E-state index in [1.807, 2.05) is 6.07 Å². The molecule has 1 aliphatic heterocycles. The summed E-state index contributed by atoms with van der Waals surface area (Å²) in [6, 6.07) is 6.86. The van der Waals surface area contributed by atoms with Crippen molar-refractivity contribution < 1.29 is 29.7 Å². The van der Waals surface area contributed by atoms with Crippen LogP contribution in [0.5, 0.6) is 5.75 Å². The lowest BCUT2D eigenvalue weighted by Gasteiger charge is -2.21.